The molecule has 1 N–H and O–H groups in total. The molecule has 16 heavy (non-hydrogen) atoms. The Bertz CT molecular complexity index is 471. The summed E-state index contributed by atoms with van der Waals surface area (Å²) in [6.45, 7) is 2.29. The van der Waals surface area contributed by atoms with Gasteiger partial charge in [0.2, 0.25) is 0 Å². The van der Waals surface area contributed by atoms with Crippen LogP contribution in [0.15, 0.2) is 24.7 Å². The number of fused-ring (bicyclic) bond motifs is 1. The SMILES string of the molecule is c1cnc2cnc(CC3CCCNC3)n2c1. The third-order valence-electron chi connectivity index (χ3n) is 3.25. The molecule has 0 radical (unpaired) electrons. The lowest BCUT2D eigenvalue weighted by atomic mass is 9.96. The van der Waals surface area contributed by atoms with E-state index >= 15 is 0 Å². The first kappa shape index (κ1) is 9.78. The number of nitrogens with zero attached hydrogens (tertiary/aromatic N) is 3. The predicted molar refractivity (Wildman–Crippen MR) is 62.3 cm³/mol. The van der Waals surface area contributed by atoms with E-state index in [1.54, 1.807) is 0 Å². The van der Waals surface area contributed by atoms with Gasteiger partial charge in [0, 0.05) is 18.8 Å². The molecule has 1 unspecified atom stereocenters. The van der Waals surface area contributed by atoms with E-state index in [-0.39, 0.29) is 0 Å². The number of hydrogen-bond acceptors (Lipinski definition) is 3. The second-order valence-corrected chi connectivity index (χ2v) is 4.44. The summed E-state index contributed by atoms with van der Waals surface area (Å²) in [5.41, 5.74) is 0.946. The minimum Gasteiger partial charge on any atom is -0.316 e. The first-order valence-electron chi connectivity index (χ1n) is 5.91. The molecular formula is C12H16N4. The van der Waals surface area contributed by atoms with E-state index < -0.39 is 0 Å². The van der Waals surface area contributed by atoms with Crippen molar-refractivity contribution in [2.75, 3.05) is 13.1 Å². The van der Waals surface area contributed by atoms with Crippen molar-refractivity contribution < 1.29 is 0 Å². The van der Waals surface area contributed by atoms with E-state index in [1.165, 1.54) is 19.4 Å². The molecule has 0 saturated carbocycles. The highest BCUT2D eigenvalue weighted by molar-refractivity contribution is 5.36. The van der Waals surface area contributed by atoms with Crippen LogP contribution in [0.25, 0.3) is 5.65 Å². The lowest BCUT2D eigenvalue weighted by molar-refractivity contribution is 0.370. The molecular weight excluding hydrogens is 200 g/mol. The molecule has 4 nitrogen and oxygen atoms in total. The van der Waals surface area contributed by atoms with Crippen LogP contribution in [0.3, 0.4) is 0 Å². The van der Waals surface area contributed by atoms with Crippen molar-refractivity contribution in [3.8, 4) is 0 Å². The number of hydrogen-bond donors (Lipinski definition) is 1. The van der Waals surface area contributed by atoms with E-state index in [1.807, 2.05) is 24.7 Å². The molecule has 4 heteroatoms. The lowest BCUT2D eigenvalue weighted by Crippen LogP contribution is -2.31. The van der Waals surface area contributed by atoms with Crippen LogP contribution in [0.5, 0.6) is 0 Å². The highest BCUT2D eigenvalue weighted by Crippen LogP contribution is 2.16. The fourth-order valence-corrected chi connectivity index (χ4v) is 2.40. The Kier molecular flexibility index (Phi) is 2.58. The quantitative estimate of drug-likeness (QED) is 0.822. The number of aromatic nitrogens is 3. The maximum Gasteiger partial charge on any atom is 0.156 e. The molecule has 84 valence electrons. The zero-order valence-electron chi connectivity index (χ0n) is 9.26. The van der Waals surface area contributed by atoms with E-state index in [0.29, 0.717) is 0 Å². The van der Waals surface area contributed by atoms with Gasteiger partial charge in [-0.3, -0.25) is 4.40 Å². The van der Waals surface area contributed by atoms with Crippen molar-refractivity contribution >= 4 is 5.65 Å². The van der Waals surface area contributed by atoms with Crippen molar-refractivity contribution in [1.29, 1.82) is 0 Å². The summed E-state index contributed by atoms with van der Waals surface area (Å²) in [4.78, 5) is 8.74. The number of rotatable bonds is 2. The average molecular weight is 216 g/mol. The van der Waals surface area contributed by atoms with Gasteiger partial charge in [0.15, 0.2) is 5.65 Å². The molecule has 2 aromatic heterocycles. The van der Waals surface area contributed by atoms with E-state index in [2.05, 4.69) is 19.7 Å². The van der Waals surface area contributed by atoms with Gasteiger partial charge >= 0.3 is 0 Å². The van der Waals surface area contributed by atoms with Gasteiger partial charge in [0.25, 0.3) is 0 Å². The maximum absolute atomic E-state index is 4.46. The molecule has 0 aromatic carbocycles. The van der Waals surface area contributed by atoms with Gasteiger partial charge < -0.3 is 5.32 Å². The zero-order chi connectivity index (χ0) is 10.8. The highest BCUT2D eigenvalue weighted by atomic mass is 15.1. The predicted octanol–water partition coefficient (Wildman–Crippen LogP) is 1.27. The fourth-order valence-electron chi connectivity index (χ4n) is 2.40. The molecule has 0 spiro atoms. The summed E-state index contributed by atoms with van der Waals surface area (Å²) in [5, 5.41) is 3.44. The summed E-state index contributed by atoms with van der Waals surface area (Å²) >= 11 is 0. The fraction of sp³-hybridized carbons (Fsp3) is 0.500. The summed E-state index contributed by atoms with van der Waals surface area (Å²) in [6, 6.07) is 1.96. The van der Waals surface area contributed by atoms with Crippen LogP contribution in [0.1, 0.15) is 18.7 Å². The number of nitrogens with one attached hydrogen (secondary N) is 1. The molecule has 1 aliphatic heterocycles. The number of imidazole rings is 1. The smallest absolute Gasteiger partial charge is 0.156 e. The third kappa shape index (κ3) is 1.80. The maximum atomic E-state index is 4.46. The van der Waals surface area contributed by atoms with Gasteiger partial charge in [-0.2, -0.15) is 0 Å². The molecule has 0 aliphatic carbocycles. The van der Waals surface area contributed by atoms with Crippen LogP contribution in [0.2, 0.25) is 0 Å². The highest BCUT2D eigenvalue weighted by Gasteiger charge is 2.15. The molecule has 0 bridgehead atoms. The zero-order valence-corrected chi connectivity index (χ0v) is 9.26. The minimum absolute atomic E-state index is 0.722. The van der Waals surface area contributed by atoms with E-state index in [9.17, 15) is 0 Å². The first-order chi connectivity index (χ1) is 7.93. The van der Waals surface area contributed by atoms with Crippen LogP contribution in [-0.4, -0.2) is 27.5 Å². The Hall–Kier alpha value is -1.42. The van der Waals surface area contributed by atoms with Crippen molar-refractivity contribution in [1.82, 2.24) is 19.7 Å². The van der Waals surface area contributed by atoms with E-state index in [4.69, 9.17) is 0 Å². The molecule has 0 amide bonds. The average Bonchev–Trinajstić information content (AvgIpc) is 2.74. The van der Waals surface area contributed by atoms with Gasteiger partial charge in [0.05, 0.1) is 6.20 Å². The summed E-state index contributed by atoms with van der Waals surface area (Å²) in [7, 11) is 0. The summed E-state index contributed by atoms with van der Waals surface area (Å²) < 4.78 is 2.09. The Morgan fingerprint density at radius 2 is 2.44 bits per heavy atom. The monoisotopic (exact) mass is 216 g/mol. The van der Waals surface area contributed by atoms with Crippen LogP contribution in [0.4, 0.5) is 0 Å². The molecule has 1 saturated heterocycles. The third-order valence-corrected chi connectivity index (χ3v) is 3.25. The summed E-state index contributed by atoms with van der Waals surface area (Å²) in [5.74, 6) is 1.86. The van der Waals surface area contributed by atoms with Crippen LogP contribution in [-0.2, 0) is 6.42 Å². The minimum atomic E-state index is 0.722. The lowest BCUT2D eigenvalue weighted by Gasteiger charge is -2.21. The van der Waals surface area contributed by atoms with Gasteiger partial charge in [0.1, 0.15) is 5.82 Å². The number of piperidine rings is 1. The largest absolute Gasteiger partial charge is 0.316 e. The topological polar surface area (TPSA) is 42.2 Å². The molecule has 3 heterocycles. The van der Waals surface area contributed by atoms with E-state index in [0.717, 1.165) is 30.4 Å². The molecule has 2 aromatic rings. The second kappa shape index (κ2) is 4.22. The Labute approximate surface area is 94.7 Å². The van der Waals surface area contributed by atoms with Crippen molar-refractivity contribution in [2.45, 2.75) is 19.3 Å². The normalized spacial score (nSPS) is 21.4. The molecule has 1 fully saturated rings. The van der Waals surface area contributed by atoms with Crippen molar-refractivity contribution in [3.63, 3.8) is 0 Å². The molecule has 3 rings (SSSR count). The van der Waals surface area contributed by atoms with Gasteiger partial charge in [-0.1, -0.05) is 0 Å². The standard InChI is InChI=1S/C12H16N4/c1-3-10(8-13-4-1)7-11-15-9-12-14-5-2-6-16(11)12/h2,5-6,9-10,13H,1,3-4,7-8H2. The molecule has 1 aliphatic rings. The Morgan fingerprint density at radius 1 is 1.44 bits per heavy atom. The van der Waals surface area contributed by atoms with Gasteiger partial charge in [-0.05, 0) is 37.9 Å². The van der Waals surface area contributed by atoms with Crippen LogP contribution >= 0.6 is 0 Å². The van der Waals surface area contributed by atoms with Crippen molar-refractivity contribution in [3.05, 3.63) is 30.5 Å². The Morgan fingerprint density at radius 3 is 3.31 bits per heavy atom. The van der Waals surface area contributed by atoms with Gasteiger partial charge in [-0.25, -0.2) is 9.97 Å². The second-order valence-electron chi connectivity index (χ2n) is 4.44. The Balaban J connectivity index is 1.83. The molecule has 1 atom stereocenters. The van der Waals surface area contributed by atoms with Crippen LogP contribution < -0.4 is 5.32 Å². The van der Waals surface area contributed by atoms with Crippen LogP contribution in [0, 0.1) is 5.92 Å². The van der Waals surface area contributed by atoms with Gasteiger partial charge in [-0.15, -0.1) is 0 Å². The van der Waals surface area contributed by atoms with Crippen molar-refractivity contribution in [2.24, 2.45) is 5.92 Å². The summed E-state index contributed by atoms with van der Waals surface area (Å²) in [6.07, 6.45) is 9.34. The first-order valence-corrected chi connectivity index (χ1v) is 5.91.